The van der Waals surface area contributed by atoms with Crippen molar-refractivity contribution in [3.8, 4) is 0 Å². The molecule has 1 aliphatic carbocycles. The van der Waals surface area contributed by atoms with Crippen molar-refractivity contribution in [1.29, 1.82) is 0 Å². The van der Waals surface area contributed by atoms with Crippen LogP contribution in [0.1, 0.15) is 32.1 Å². The molecule has 70 valence electrons. The van der Waals surface area contributed by atoms with Crippen LogP contribution in [0.15, 0.2) is 0 Å². The number of hydrogen-bond acceptors (Lipinski definition) is 2. The highest BCUT2D eigenvalue weighted by atomic mass is 16.5. The molecule has 1 aliphatic heterocycles. The van der Waals surface area contributed by atoms with Crippen LogP contribution in [-0.4, -0.2) is 25.8 Å². The number of ether oxygens (including phenoxy) is 1. The van der Waals surface area contributed by atoms with Gasteiger partial charge in [-0.2, -0.15) is 0 Å². The second-order valence-electron chi connectivity index (χ2n) is 4.06. The fraction of sp³-hybridized carbons (Fsp3) is 1.00. The number of rotatable bonds is 3. The normalized spacial score (nSPS) is 33.2. The van der Waals surface area contributed by atoms with E-state index >= 15 is 0 Å². The van der Waals surface area contributed by atoms with Crippen molar-refractivity contribution in [1.82, 2.24) is 5.32 Å². The second-order valence-corrected chi connectivity index (χ2v) is 4.06. The Morgan fingerprint density at radius 1 is 1.25 bits per heavy atom. The third-order valence-corrected chi connectivity index (χ3v) is 3.36. The van der Waals surface area contributed by atoms with Crippen molar-refractivity contribution in [2.24, 2.45) is 5.92 Å². The first-order valence-electron chi connectivity index (χ1n) is 5.20. The zero-order valence-electron chi connectivity index (χ0n) is 7.88. The molecule has 1 heterocycles. The maximum atomic E-state index is 5.70. The first kappa shape index (κ1) is 8.52. The molecule has 2 nitrogen and oxygen atoms in total. The lowest BCUT2D eigenvalue weighted by molar-refractivity contribution is 0.0430. The molecular formula is C10H19NO. The van der Waals surface area contributed by atoms with E-state index in [0.29, 0.717) is 12.1 Å². The lowest BCUT2D eigenvalue weighted by atomic mass is 9.77. The molecule has 0 spiro atoms. The van der Waals surface area contributed by atoms with Crippen molar-refractivity contribution in [3.05, 3.63) is 0 Å². The molecule has 1 saturated heterocycles. The topological polar surface area (TPSA) is 21.3 Å². The predicted molar refractivity (Wildman–Crippen MR) is 49.2 cm³/mol. The minimum absolute atomic E-state index is 0.514. The Kier molecular flexibility index (Phi) is 2.66. The zero-order chi connectivity index (χ0) is 8.39. The summed E-state index contributed by atoms with van der Waals surface area (Å²) in [5, 5.41) is 3.42. The van der Waals surface area contributed by atoms with Gasteiger partial charge in [0.25, 0.3) is 0 Å². The molecule has 12 heavy (non-hydrogen) atoms. The van der Waals surface area contributed by atoms with Crippen molar-refractivity contribution < 1.29 is 4.74 Å². The van der Waals surface area contributed by atoms with Gasteiger partial charge in [-0.25, -0.2) is 0 Å². The lowest BCUT2D eigenvalue weighted by Gasteiger charge is -2.36. The van der Waals surface area contributed by atoms with Crippen LogP contribution in [0.4, 0.5) is 0 Å². The van der Waals surface area contributed by atoms with Gasteiger partial charge in [0.05, 0.1) is 6.10 Å². The van der Waals surface area contributed by atoms with E-state index in [9.17, 15) is 0 Å². The molecule has 2 fully saturated rings. The molecule has 2 atom stereocenters. The van der Waals surface area contributed by atoms with Gasteiger partial charge in [-0.3, -0.25) is 0 Å². The summed E-state index contributed by atoms with van der Waals surface area (Å²) in [6.07, 6.45) is 7.28. The highest BCUT2D eigenvalue weighted by Crippen LogP contribution is 2.33. The Hall–Kier alpha value is -0.0800. The quantitative estimate of drug-likeness (QED) is 0.692. The smallest absolute Gasteiger partial charge is 0.0731 e. The van der Waals surface area contributed by atoms with Crippen LogP contribution in [0.2, 0.25) is 0 Å². The van der Waals surface area contributed by atoms with E-state index in [0.717, 1.165) is 12.5 Å². The standard InChI is InChI=1S/C10H19NO/c1-11-10(8-4-2-5-8)9-6-3-7-12-9/h8-11H,2-7H2,1H3. The van der Waals surface area contributed by atoms with Gasteiger partial charge in [0, 0.05) is 12.6 Å². The van der Waals surface area contributed by atoms with E-state index < -0.39 is 0 Å². The van der Waals surface area contributed by atoms with Gasteiger partial charge in [0.15, 0.2) is 0 Å². The predicted octanol–water partition coefficient (Wildman–Crippen LogP) is 1.55. The van der Waals surface area contributed by atoms with E-state index in [1.165, 1.54) is 32.1 Å². The molecule has 0 radical (unpaired) electrons. The molecule has 1 saturated carbocycles. The number of likely N-dealkylation sites (N-methyl/N-ethyl adjacent to an activating group) is 1. The van der Waals surface area contributed by atoms with Crippen LogP contribution >= 0.6 is 0 Å². The number of nitrogens with one attached hydrogen (secondary N) is 1. The molecule has 0 aromatic heterocycles. The molecule has 2 aliphatic rings. The third kappa shape index (κ3) is 1.50. The highest BCUT2D eigenvalue weighted by molar-refractivity contribution is 4.89. The second kappa shape index (κ2) is 3.75. The first-order chi connectivity index (χ1) is 5.92. The monoisotopic (exact) mass is 169 g/mol. The summed E-state index contributed by atoms with van der Waals surface area (Å²) >= 11 is 0. The van der Waals surface area contributed by atoms with E-state index in [1.54, 1.807) is 0 Å². The van der Waals surface area contributed by atoms with Gasteiger partial charge in [0.2, 0.25) is 0 Å². The van der Waals surface area contributed by atoms with Crippen LogP contribution in [0.5, 0.6) is 0 Å². The Labute approximate surface area is 74.7 Å². The maximum Gasteiger partial charge on any atom is 0.0731 e. The lowest BCUT2D eigenvalue weighted by Crippen LogP contribution is -2.45. The molecule has 2 rings (SSSR count). The van der Waals surface area contributed by atoms with Gasteiger partial charge in [-0.15, -0.1) is 0 Å². The molecule has 2 heteroatoms. The summed E-state index contributed by atoms with van der Waals surface area (Å²) in [5.74, 6) is 0.901. The summed E-state index contributed by atoms with van der Waals surface area (Å²) in [4.78, 5) is 0. The summed E-state index contributed by atoms with van der Waals surface area (Å²) < 4.78 is 5.70. The van der Waals surface area contributed by atoms with Gasteiger partial charge in [0.1, 0.15) is 0 Å². The van der Waals surface area contributed by atoms with Crippen LogP contribution in [0.25, 0.3) is 0 Å². The molecule has 0 aromatic carbocycles. The Bertz CT molecular complexity index is 139. The SMILES string of the molecule is CNC(C1CCC1)C1CCCO1. The van der Waals surface area contributed by atoms with Crippen LogP contribution in [0, 0.1) is 5.92 Å². The van der Waals surface area contributed by atoms with Crippen molar-refractivity contribution in [3.63, 3.8) is 0 Å². The van der Waals surface area contributed by atoms with Crippen LogP contribution in [0.3, 0.4) is 0 Å². The highest BCUT2D eigenvalue weighted by Gasteiger charge is 2.34. The van der Waals surface area contributed by atoms with Crippen molar-refractivity contribution in [2.45, 2.75) is 44.2 Å². The van der Waals surface area contributed by atoms with Crippen molar-refractivity contribution in [2.75, 3.05) is 13.7 Å². The molecule has 1 N–H and O–H groups in total. The Balaban J connectivity index is 1.87. The average Bonchev–Trinajstić information content (AvgIpc) is 2.47. The molecular weight excluding hydrogens is 150 g/mol. The number of hydrogen-bond donors (Lipinski definition) is 1. The van der Waals surface area contributed by atoms with Gasteiger partial charge in [-0.05, 0) is 38.6 Å². The van der Waals surface area contributed by atoms with Crippen LogP contribution < -0.4 is 5.32 Å². The van der Waals surface area contributed by atoms with Gasteiger partial charge in [-0.1, -0.05) is 6.42 Å². The Morgan fingerprint density at radius 2 is 2.08 bits per heavy atom. The van der Waals surface area contributed by atoms with E-state index in [2.05, 4.69) is 12.4 Å². The minimum Gasteiger partial charge on any atom is -0.377 e. The summed E-state index contributed by atoms with van der Waals surface area (Å²) in [6, 6.07) is 0.640. The minimum atomic E-state index is 0.514. The molecule has 0 amide bonds. The maximum absolute atomic E-state index is 5.70. The summed E-state index contributed by atoms with van der Waals surface area (Å²) in [5.41, 5.74) is 0. The van der Waals surface area contributed by atoms with Gasteiger partial charge < -0.3 is 10.1 Å². The molecule has 0 bridgehead atoms. The Morgan fingerprint density at radius 3 is 2.50 bits per heavy atom. The van der Waals surface area contributed by atoms with E-state index in [-0.39, 0.29) is 0 Å². The average molecular weight is 169 g/mol. The first-order valence-corrected chi connectivity index (χ1v) is 5.20. The molecule has 2 unspecified atom stereocenters. The largest absolute Gasteiger partial charge is 0.377 e. The van der Waals surface area contributed by atoms with Crippen LogP contribution in [-0.2, 0) is 4.74 Å². The summed E-state index contributed by atoms with van der Waals surface area (Å²) in [6.45, 7) is 0.982. The third-order valence-electron chi connectivity index (χ3n) is 3.36. The van der Waals surface area contributed by atoms with E-state index in [4.69, 9.17) is 4.74 Å². The summed E-state index contributed by atoms with van der Waals surface area (Å²) in [7, 11) is 2.07. The fourth-order valence-electron chi connectivity index (χ4n) is 2.41. The molecule has 0 aromatic rings. The van der Waals surface area contributed by atoms with Gasteiger partial charge >= 0.3 is 0 Å². The zero-order valence-corrected chi connectivity index (χ0v) is 7.88. The van der Waals surface area contributed by atoms with E-state index in [1.807, 2.05) is 0 Å². The van der Waals surface area contributed by atoms with Crippen molar-refractivity contribution >= 4 is 0 Å². The fourth-order valence-corrected chi connectivity index (χ4v) is 2.41.